The lowest BCUT2D eigenvalue weighted by Gasteiger charge is -2.15. The number of rotatable bonds is 6. The minimum atomic E-state index is 0.580. The molecule has 0 fully saturated rings. The van der Waals surface area contributed by atoms with Crippen molar-refractivity contribution in [2.24, 2.45) is 5.92 Å². The first-order valence-corrected chi connectivity index (χ1v) is 8.56. The second-order valence-electron chi connectivity index (χ2n) is 4.91. The maximum Gasteiger partial charge on any atom is 0.119 e. The predicted octanol–water partition coefficient (Wildman–Crippen LogP) is 5.25. The summed E-state index contributed by atoms with van der Waals surface area (Å²) in [6, 6.07) is 16.9. The Kier molecular flexibility index (Phi) is 6.11. The highest BCUT2D eigenvalue weighted by Crippen LogP contribution is 2.21. The maximum atomic E-state index is 5.29. The molecule has 2 aromatic carbocycles. The molecule has 3 heteroatoms. The van der Waals surface area contributed by atoms with Crippen LogP contribution in [-0.2, 0) is 12.8 Å². The smallest absolute Gasteiger partial charge is 0.119 e. The van der Waals surface area contributed by atoms with Gasteiger partial charge in [-0.05, 0) is 54.2 Å². The summed E-state index contributed by atoms with van der Waals surface area (Å²) >= 11 is 7.17. The zero-order chi connectivity index (χ0) is 14.4. The Balaban J connectivity index is 2.05. The number of methoxy groups -OCH3 is 1. The van der Waals surface area contributed by atoms with Gasteiger partial charge in [0, 0.05) is 9.80 Å². The van der Waals surface area contributed by atoms with Crippen molar-refractivity contribution >= 4 is 31.9 Å². The van der Waals surface area contributed by atoms with Crippen LogP contribution in [0.15, 0.2) is 53.0 Å². The van der Waals surface area contributed by atoms with Gasteiger partial charge < -0.3 is 4.74 Å². The average molecular weight is 398 g/mol. The molecule has 0 aliphatic carbocycles. The Morgan fingerprint density at radius 3 is 2.25 bits per heavy atom. The van der Waals surface area contributed by atoms with Crippen molar-refractivity contribution < 1.29 is 4.74 Å². The predicted molar refractivity (Wildman–Crippen MR) is 91.8 cm³/mol. The van der Waals surface area contributed by atoms with Crippen LogP contribution in [0.4, 0.5) is 0 Å². The molecule has 1 nitrogen and oxygen atoms in total. The van der Waals surface area contributed by atoms with Gasteiger partial charge in [0.2, 0.25) is 0 Å². The van der Waals surface area contributed by atoms with Crippen molar-refractivity contribution in [2.75, 3.05) is 12.4 Å². The first-order valence-electron chi connectivity index (χ1n) is 6.64. The number of hydrogen-bond donors (Lipinski definition) is 0. The summed E-state index contributed by atoms with van der Waals surface area (Å²) in [5.41, 5.74) is 2.69. The number of hydrogen-bond acceptors (Lipinski definition) is 1. The van der Waals surface area contributed by atoms with Crippen LogP contribution in [-0.4, -0.2) is 12.4 Å². The molecule has 106 valence electrons. The maximum absolute atomic E-state index is 5.29. The van der Waals surface area contributed by atoms with Crippen molar-refractivity contribution in [2.45, 2.75) is 12.8 Å². The van der Waals surface area contributed by atoms with Crippen LogP contribution in [0.5, 0.6) is 5.75 Å². The van der Waals surface area contributed by atoms with Gasteiger partial charge >= 0.3 is 0 Å². The van der Waals surface area contributed by atoms with Crippen LogP contribution in [0.1, 0.15) is 11.1 Å². The summed E-state index contributed by atoms with van der Waals surface area (Å²) in [4.78, 5) is 0. The molecule has 0 amide bonds. The van der Waals surface area contributed by atoms with Crippen LogP contribution in [0, 0.1) is 5.92 Å². The summed E-state index contributed by atoms with van der Waals surface area (Å²) in [6.45, 7) is 0. The third kappa shape index (κ3) is 4.64. The van der Waals surface area contributed by atoms with Gasteiger partial charge in [0.05, 0.1) is 7.11 Å². The Morgan fingerprint density at radius 2 is 1.65 bits per heavy atom. The highest BCUT2D eigenvalue weighted by atomic mass is 79.9. The fourth-order valence-corrected chi connectivity index (χ4v) is 3.22. The fourth-order valence-electron chi connectivity index (χ4n) is 2.31. The molecule has 0 aliphatic rings. The summed E-state index contributed by atoms with van der Waals surface area (Å²) < 4.78 is 6.43. The van der Waals surface area contributed by atoms with Crippen molar-refractivity contribution in [1.29, 1.82) is 0 Å². The van der Waals surface area contributed by atoms with Crippen LogP contribution >= 0.6 is 31.9 Å². The minimum absolute atomic E-state index is 0.580. The quantitative estimate of drug-likeness (QED) is 0.604. The molecule has 2 rings (SSSR count). The van der Waals surface area contributed by atoms with Crippen LogP contribution in [0.25, 0.3) is 0 Å². The molecule has 0 bridgehead atoms. The van der Waals surface area contributed by atoms with Crippen molar-refractivity contribution in [3.63, 3.8) is 0 Å². The third-order valence-corrected chi connectivity index (χ3v) is 4.70. The number of alkyl halides is 1. The van der Waals surface area contributed by atoms with Gasteiger partial charge in [-0.2, -0.15) is 0 Å². The Labute approximate surface area is 137 Å². The highest BCUT2D eigenvalue weighted by Gasteiger charge is 2.10. The molecule has 0 N–H and O–H groups in total. The van der Waals surface area contributed by atoms with E-state index in [2.05, 4.69) is 74.3 Å². The minimum Gasteiger partial charge on any atom is -0.497 e. The SMILES string of the molecule is COc1cccc(CC(CBr)Cc2cccc(Br)c2)c1. The van der Waals surface area contributed by atoms with Crippen LogP contribution < -0.4 is 4.74 Å². The van der Waals surface area contributed by atoms with Crippen molar-refractivity contribution in [1.82, 2.24) is 0 Å². The lowest BCUT2D eigenvalue weighted by atomic mass is 9.94. The van der Waals surface area contributed by atoms with E-state index in [4.69, 9.17) is 4.74 Å². The molecule has 1 unspecified atom stereocenters. The monoisotopic (exact) mass is 396 g/mol. The van der Waals surface area contributed by atoms with Crippen molar-refractivity contribution in [3.8, 4) is 5.75 Å². The van der Waals surface area contributed by atoms with E-state index >= 15 is 0 Å². The molecule has 1 atom stereocenters. The summed E-state index contributed by atoms with van der Waals surface area (Å²) in [5, 5.41) is 0.997. The van der Waals surface area contributed by atoms with E-state index in [-0.39, 0.29) is 0 Å². The van der Waals surface area contributed by atoms with Gasteiger partial charge in [-0.25, -0.2) is 0 Å². The lowest BCUT2D eigenvalue weighted by Crippen LogP contribution is -2.10. The number of benzene rings is 2. The van der Waals surface area contributed by atoms with E-state index in [1.165, 1.54) is 11.1 Å². The zero-order valence-corrected chi connectivity index (χ0v) is 14.7. The van der Waals surface area contributed by atoms with Crippen LogP contribution in [0.2, 0.25) is 0 Å². The highest BCUT2D eigenvalue weighted by molar-refractivity contribution is 9.10. The molecule has 20 heavy (non-hydrogen) atoms. The topological polar surface area (TPSA) is 9.23 Å². The molecule has 0 spiro atoms. The lowest BCUT2D eigenvalue weighted by molar-refractivity contribution is 0.414. The zero-order valence-electron chi connectivity index (χ0n) is 11.5. The number of halogens is 2. The van der Waals surface area contributed by atoms with Gasteiger partial charge in [-0.15, -0.1) is 0 Å². The molecule has 0 saturated heterocycles. The second kappa shape index (κ2) is 7.84. The second-order valence-corrected chi connectivity index (χ2v) is 6.47. The van der Waals surface area contributed by atoms with E-state index in [1.807, 2.05) is 6.07 Å². The molecular weight excluding hydrogens is 380 g/mol. The first-order chi connectivity index (χ1) is 9.71. The van der Waals surface area contributed by atoms with Gasteiger partial charge in [0.25, 0.3) is 0 Å². The molecule has 0 saturated carbocycles. The van der Waals surface area contributed by atoms with E-state index in [0.717, 1.165) is 28.4 Å². The van der Waals surface area contributed by atoms with Gasteiger partial charge in [0.15, 0.2) is 0 Å². The van der Waals surface area contributed by atoms with Gasteiger partial charge in [0.1, 0.15) is 5.75 Å². The van der Waals surface area contributed by atoms with E-state index in [9.17, 15) is 0 Å². The van der Waals surface area contributed by atoms with E-state index in [1.54, 1.807) is 7.11 Å². The summed E-state index contributed by atoms with van der Waals surface area (Å²) in [5.74, 6) is 1.51. The normalized spacial score (nSPS) is 12.2. The Bertz CT molecular complexity index is 554. The average Bonchev–Trinajstić information content (AvgIpc) is 2.47. The Hall–Kier alpha value is -0.800. The molecule has 0 aliphatic heterocycles. The standard InChI is InChI=1S/C17H18Br2O/c1-20-17-7-3-5-14(11-17)9-15(12-18)8-13-4-2-6-16(19)10-13/h2-7,10-11,15H,8-9,12H2,1H3. The largest absolute Gasteiger partial charge is 0.497 e. The molecule has 0 heterocycles. The third-order valence-electron chi connectivity index (χ3n) is 3.29. The van der Waals surface area contributed by atoms with Crippen LogP contribution in [0.3, 0.4) is 0 Å². The van der Waals surface area contributed by atoms with Gasteiger partial charge in [-0.1, -0.05) is 56.1 Å². The van der Waals surface area contributed by atoms with E-state index in [0.29, 0.717) is 5.92 Å². The fraction of sp³-hybridized carbons (Fsp3) is 0.294. The molecular formula is C17H18Br2O. The Morgan fingerprint density at radius 1 is 1.00 bits per heavy atom. The van der Waals surface area contributed by atoms with E-state index < -0.39 is 0 Å². The van der Waals surface area contributed by atoms with Crippen molar-refractivity contribution in [3.05, 3.63) is 64.1 Å². The molecule has 0 aromatic heterocycles. The summed E-state index contributed by atoms with van der Waals surface area (Å²) in [6.07, 6.45) is 2.12. The molecule has 0 radical (unpaired) electrons. The van der Waals surface area contributed by atoms with Gasteiger partial charge in [-0.3, -0.25) is 0 Å². The molecule has 2 aromatic rings. The first kappa shape index (κ1) is 15.6. The summed E-state index contributed by atoms with van der Waals surface area (Å²) in [7, 11) is 1.71. The number of ether oxygens (including phenoxy) is 1.